The van der Waals surface area contributed by atoms with Crippen molar-refractivity contribution in [3.05, 3.63) is 0 Å². The van der Waals surface area contributed by atoms with Crippen LogP contribution in [-0.2, 0) is 13.6 Å². The predicted octanol–water partition coefficient (Wildman–Crippen LogP) is 3.66. The molecule has 1 atom stereocenters. The van der Waals surface area contributed by atoms with E-state index in [4.69, 9.17) is 8.85 Å². The van der Waals surface area contributed by atoms with Gasteiger partial charge in [-0.1, -0.05) is 13.8 Å². The van der Waals surface area contributed by atoms with Gasteiger partial charge < -0.3 is 8.85 Å². The fourth-order valence-corrected chi connectivity index (χ4v) is 5.62. The number of hydrogen-bond acceptors (Lipinski definition) is 4. The highest BCUT2D eigenvalue weighted by Gasteiger charge is 2.38. The molecule has 0 fully saturated rings. The van der Waals surface area contributed by atoms with Crippen LogP contribution < -0.4 is 0 Å². The molecule has 0 aliphatic carbocycles. The van der Waals surface area contributed by atoms with Crippen LogP contribution in [0.25, 0.3) is 0 Å². The molecule has 1 unspecified atom stereocenters. The Bertz CT molecular complexity index is 312. The van der Waals surface area contributed by atoms with Gasteiger partial charge in [-0.3, -0.25) is 0 Å². The van der Waals surface area contributed by atoms with Gasteiger partial charge in [0.25, 0.3) is 0 Å². The summed E-state index contributed by atoms with van der Waals surface area (Å²) in [5.74, 6) is 0.627. The maximum Gasteiger partial charge on any atom is 0.335 e. The molecule has 0 amide bonds. The van der Waals surface area contributed by atoms with E-state index in [1.165, 1.54) is 0 Å². The van der Waals surface area contributed by atoms with E-state index in [1.54, 1.807) is 6.08 Å². The molecule has 0 saturated carbocycles. The summed E-state index contributed by atoms with van der Waals surface area (Å²) in [6.07, 6.45) is 2.80. The molecule has 0 aliphatic rings. The number of carbonyl (C=O) groups excluding carboxylic acids is 1. The monoisotopic (exact) mass is 287 g/mol. The summed E-state index contributed by atoms with van der Waals surface area (Å²) in [6, 6.07) is 0.955. The van der Waals surface area contributed by atoms with Crippen LogP contribution in [-0.4, -0.2) is 32.9 Å². The smallest absolute Gasteiger partial charge is 0.335 e. The highest BCUT2D eigenvalue weighted by molar-refractivity contribution is 6.66. The Hall–Kier alpha value is -0.483. The van der Waals surface area contributed by atoms with Crippen LogP contribution >= 0.6 is 0 Å². The lowest BCUT2D eigenvalue weighted by Gasteiger charge is -2.37. The summed E-state index contributed by atoms with van der Waals surface area (Å²) < 4.78 is 12.3. The average molecular weight is 287 g/mol. The lowest BCUT2D eigenvalue weighted by atomic mass is 10.1. The molecule has 0 aromatic rings. The van der Waals surface area contributed by atoms with E-state index in [-0.39, 0.29) is 6.10 Å². The quantitative estimate of drug-likeness (QED) is 0.369. The summed E-state index contributed by atoms with van der Waals surface area (Å²) in [7, 11) is -2.25. The van der Waals surface area contributed by atoms with Crippen LogP contribution in [0.1, 0.15) is 48.0 Å². The van der Waals surface area contributed by atoms with Gasteiger partial charge >= 0.3 is 8.56 Å². The molecule has 19 heavy (non-hydrogen) atoms. The van der Waals surface area contributed by atoms with Crippen molar-refractivity contribution in [2.45, 2.75) is 72.3 Å². The largest absolute Gasteiger partial charge is 0.392 e. The molecule has 0 aromatic heterocycles. The number of aliphatic imine (C=N–C) groups is 1. The molecule has 0 saturated heterocycles. The molecule has 0 aliphatic heterocycles. The normalized spacial score (nSPS) is 15.4. The first-order valence-corrected chi connectivity index (χ1v) is 9.54. The second-order valence-electron chi connectivity index (χ2n) is 6.50. The predicted molar refractivity (Wildman–Crippen MR) is 80.3 cm³/mol. The van der Waals surface area contributed by atoms with E-state index in [1.807, 2.05) is 27.7 Å². The van der Waals surface area contributed by atoms with E-state index in [2.05, 4.69) is 25.4 Å². The lowest BCUT2D eigenvalue weighted by molar-refractivity contribution is 0.0444. The minimum Gasteiger partial charge on any atom is -0.392 e. The van der Waals surface area contributed by atoms with Crippen LogP contribution in [0.15, 0.2) is 4.99 Å². The van der Waals surface area contributed by atoms with Gasteiger partial charge in [0.1, 0.15) is 0 Å². The first-order valence-electron chi connectivity index (χ1n) is 7.02. The van der Waals surface area contributed by atoms with Gasteiger partial charge in [0, 0.05) is 6.10 Å². The van der Waals surface area contributed by atoms with Gasteiger partial charge in [0.2, 0.25) is 6.08 Å². The van der Waals surface area contributed by atoms with Crippen LogP contribution in [0, 0.1) is 5.92 Å². The summed E-state index contributed by atoms with van der Waals surface area (Å²) >= 11 is 0. The molecule has 0 aromatic carbocycles. The van der Waals surface area contributed by atoms with Gasteiger partial charge in [-0.2, -0.15) is 0 Å². The molecule has 0 N–H and O–H groups in total. The van der Waals surface area contributed by atoms with Gasteiger partial charge in [-0.15, -0.1) is 0 Å². The van der Waals surface area contributed by atoms with Crippen LogP contribution in [0.2, 0.25) is 12.6 Å². The minimum absolute atomic E-state index is 0.147. The van der Waals surface area contributed by atoms with E-state index < -0.39 is 14.2 Å². The fraction of sp³-hybridized carbons (Fsp3) is 0.929. The van der Waals surface area contributed by atoms with E-state index in [0.717, 1.165) is 12.5 Å². The van der Waals surface area contributed by atoms with Crippen molar-refractivity contribution in [2.75, 3.05) is 6.54 Å². The van der Waals surface area contributed by atoms with Crippen molar-refractivity contribution in [1.82, 2.24) is 0 Å². The summed E-state index contributed by atoms with van der Waals surface area (Å²) in [6.45, 7) is 14.8. The Morgan fingerprint density at radius 2 is 1.84 bits per heavy atom. The Labute approximate surface area is 118 Å². The highest BCUT2D eigenvalue weighted by Crippen LogP contribution is 2.26. The van der Waals surface area contributed by atoms with E-state index in [9.17, 15) is 4.79 Å². The SMILES string of the molecule is CC(C)CC[Si](C)(OC(C)C)OC(C)(C)CN=C=O. The van der Waals surface area contributed by atoms with Crippen molar-refractivity contribution in [3.63, 3.8) is 0 Å². The van der Waals surface area contributed by atoms with Gasteiger partial charge in [-0.25, -0.2) is 9.79 Å². The third-order valence-electron chi connectivity index (χ3n) is 2.68. The van der Waals surface area contributed by atoms with Crippen LogP contribution in [0.4, 0.5) is 0 Å². The maximum absolute atomic E-state index is 10.2. The molecule has 5 heteroatoms. The maximum atomic E-state index is 10.2. The Balaban J connectivity index is 4.77. The number of rotatable bonds is 9. The third kappa shape index (κ3) is 9.11. The zero-order valence-corrected chi connectivity index (χ0v) is 14.4. The molecule has 0 heterocycles. The summed E-state index contributed by atoms with van der Waals surface area (Å²) in [5.41, 5.74) is -0.482. The first-order chi connectivity index (χ1) is 8.60. The second-order valence-corrected chi connectivity index (χ2v) is 9.71. The van der Waals surface area contributed by atoms with Crippen molar-refractivity contribution < 1.29 is 13.6 Å². The van der Waals surface area contributed by atoms with Crippen molar-refractivity contribution in [1.29, 1.82) is 0 Å². The average Bonchev–Trinajstić information content (AvgIpc) is 2.22. The Kier molecular flexibility index (Phi) is 7.75. The molecule has 112 valence electrons. The molecule has 0 spiro atoms. The van der Waals surface area contributed by atoms with E-state index >= 15 is 0 Å². The van der Waals surface area contributed by atoms with Crippen molar-refractivity contribution in [3.8, 4) is 0 Å². The lowest BCUT2D eigenvalue weighted by Crippen LogP contribution is -2.48. The molecule has 0 bridgehead atoms. The summed E-state index contributed by atoms with van der Waals surface area (Å²) in [5, 5.41) is 0. The molecule has 0 rings (SSSR count). The highest BCUT2D eigenvalue weighted by atomic mass is 28.4. The van der Waals surface area contributed by atoms with Crippen molar-refractivity contribution in [2.24, 2.45) is 10.9 Å². The zero-order valence-electron chi connectivity index (χ0n) is 13.4. The van der Waals surface area contributed by atoms with Crippen molar-refractivity contribution >= 4 is 14.6 Å². The number of nitrogens with zero attached hydrogens (tertiary/aromatic N) is 1. The summed E-state index contributed by atoms with van der Waals surface area (Å²) in [4.78, 5) is 13.9. The first kappa shape index (κ1) is 18.5. The Morgan fingerprint density at radius 1 is 1.26 bits per heavy atom. The van der Waals surface area contributed by atoms with Crippen LogP contribution in [0.3, 0.4) is 0 Å². The molecule has 0 radical (unpaired) electrons. The minimum atomic E-state index is -2.25. The topological polar surface area (TPSA) is 47.9 Å². The fourth-order valence-electron chi connectivity index (χ4n) is 2.02. The number of hydrogen-bond donors (Lipinski definition) is 0. The Morgan fingerprint density at radius 3 is 2.26 bits per heavy atom. The third-order valence-corrected chi connectivity index (χ3v) is 5.83. The standard InChI is InChI=1S/C14H29NO3Si/c1-12(2)8-9-19(7,17-13(3)4)18-14(5,6)10-15-11-16/h12-13H,8-10H2,1-7H3. The number of isocyanates is 1. The van der Waals surface area contributed by atoms with Gasteiger partial charge in [0.15, 0.2) is 0 Å². The van der Waals surface area contributed by atoms with Gasteiger partial charge in [0.05, 0.1) is 12.1 Å². The zero-order chi connectivity index (χ0) is 15.1. The molecular weight excluding hydrogens is 258 g/mol. The van der Waals surface area contributed by atoms with Crippen LogP contribution in [0.5, 0.6) is 0 Å². The van der Waals surface area contributed by atoms with E-state index in [0.29, 0.717) is 12.5 Å². The molecule has 4 nitrogen and oxygen atoms in total. The van der Waals surface area contributed by atoms with Gasteiger partial charge in [-0.05, 0) is 52.6 Å². The molecular formula is C14H29NO3Si. The second kappa shape index (κ2) is 7.95.